The van der Waals surface area contributed by atoms with Crippen LogP contribution in [0.15, 0.2) is 75.7 Å². The molecule has 0 spiro atoms. The van der Waals surface area contributed by atoms with Crippen molar-refractivity contribution < 1.29 is 13.7 Å². The van der Waals surface area contributed by atoms with E-state index in [-0.39, 0.29) is 5.91 Å². The number of likely N-dealkylation sites (tertiary alicyclic amines) is 1. The number of carbonyl (C=O) groups is 1. The fraction of sp³-hybridized carbons (Fsp3) is 0.333. The summed E-state index contributed by atoms with van der Waals surface area (Å²) in [7, 11) is 0. The van der Waals surface area contributed by atoms with Crippen LogP contribution in [0.3, 0.4) is 0 Å². The van der Waals surface area contributed by atoms with Gasteiger partial charge in [-0.05, 0) is 62.4 Å². The summed E-state index contributed by atoms with van der Waals surface area (Å²) in [5.74, 6) is 2.29. The smallest absolute Gasteiger partial charge is 0.287 e. The van der Waals surface area contributed by atoms with Gasteiger partial charge in [-0.15, -0.1) is 0 Å². The molecule has 1 aromatic carbocycles. The Morgan fingerprint density at radius 1 is 1.09 bits per heavy atom. The lowest BCUT2D eigenvalue weighted by Crippen LogP contribution is -2.38. The number of hydrogen-bond acceptors (Lipinski definition) is 5. The molecule has 0 saturated carbocycles. The van der Waals surface area contributed by atoms with Crippen molar-refractivity contribution in [2.45, 2.75) is 32.2 Å². The molecule has 0 unspecified atom stereocenters. The molecule has 1 fully saturated rings. The SMILES string of the molecule is O=C(NCC1CCN(Cc2cc(C3=CCCC=C3)no2)CC1)c1ccc(-c2ccccc2)o1. The van der Waals surface area contributed by atoms with E-state index in [1.165, 1.54) is 0 Å². The first-order valence-corrected chi connectivity index (χ1v) is 11.7. The summed E-state index contributed by atoms with van der Waals surface area (Å²) >= 11 is 0. The van der Waals surface area contributed by atoms with E-state index in [0.717, 1.165) is 67.9 Å². The zero-order valence-corrected chi connectivity index (χ0v) is 18.7. The molecule has 0 radical (unpaired) electrons. The van der Waals surface area contributed by atoms with Crippen molar-refractivity contribution >= 4 is 11.5 Å². The van der Waals surface area contributed by atoms with Crippen LogP contribution in [0.1, 0.15) is 47.7 Å². The van der Waals surface area contributed by atoms with Crippen LogP contribution in [0.5, 0.6) is 0 Å². The van der Waals surface area contributed by atoms with Crippen LogP contribution < -0.4 is 5.32 Å². The standard InChI is InChI=1S/C27H29N3O3/c31-27(26-12-11-25(32-26)22-9-5-2-6-10-22)28-18-20-13-15-30(16-14-20)19-23-17-24(29-33-23)21-7-3-1-4-8-21/h2-3,5-12,17,20H,1,4,13-16,18-19H2,(H,28,31). The predicted molar refractivity (Wildman–Crippen MR) is 127 cm³/mol. The highest BCUT2D eigenvalue weighted by Gasteiger charge is 2.22. The summed E-state index contributed by atoms with van der Waals surface area (Å²) in [4.78, 5) is 14.9. The predicted octanol–water partition coefficient (Wildman–Crippen LogP) is 5.31. The molecule has 0 bridgehead atoms. The minimum absolute atomic E-state index is 0.153. The van der Waals surface area contributed by atoms with Crippen molar-refractivity contribution in [3.63, 3.8) is 0 Å². The molecule has 1 N–H and O–H groups in total. The van der Waals surface area contributed by atoms with Crippen LogP contribution in [0.2, 0.25) is 0 Å². The number of benzene rings is 1. The molecule has 2 aliphatic rings. The molecule has 6 heteroatoms. The van der Waals surface area contributed by atoms with Gasteiger partial charge in [0.05, 0.1) is 6.54 Å². The minimum Gasteiger partial charge on any atom is -0.451 e. The molecule has 170 valence electrons. The van der Waals surface area contributed by atoms with E-state index in [9.17, 15) is 4.79 Å². The van der Waals surface area contributed by atoms with Gasteiger partial charge in [-0.3, -0.25) is 9.69 Å². The lowest BCUT2D eigenvalue weighted by molar-refractivity contribution is 0.0907. The maximum absolute atomic E-state index is 12.5. The van der Waals surface area contributed by atoms with Crippen LogP contribution >= 0.6 is 0 Å². The number of carbonyl (C=O) groups excluding carboxylic acids is 1. The van der Waals surface area contributed by atoms with Gasteiger partial charge in [0.2, 0.25) is 0 Å². The van der Waals surface area contributed by atoms with Gasteiger partial charge < -0.3 is 14.3 Å². The second-order valence-corrected chi connectivity index (χ2v) is 8.78. The van der Waals surface area contributed by atoms with Crippen LogP contribution in [0, 0.1) is 5.92 Å². The van der Waals surface area contributed by atoms with E-state index in [2.05, 4.69) is 39.7 Å². The first kappa shape index (κ1) is 21.5. The molecule has 3 aromatic rings. The minimum atomic E-state index is -0.153. The molecule has 1 aliphatic carbocycles. The highest BCUT2D eigenvalue weighted by Crippen LogP contribution is 2.24. The Labute approximate surface area is 193 Å². The fourth-order valence-corrected chi connectivity index (χ4v) is 4.44. The Morgan fingerprint density at radius 2 is 1.94 bits per heavy atom. The van der Waals surface area contributed by atoms with Crippen molar-refractivity contribution in [1.82, 2.24) is 15.4 Å². The average Bonchev–Trinajstić information content (AvgIpc) is 3.55. The van der Waals surface area contributed by atoms with Gasteiger partial charge in [0, 0.05) is 18.2 Å². The van der Waals surface area contributed by atoms with Gasteiger partial charge in [0.25, 0.3) is 5.91 Å². The van der Waals surface area contributed by atoms with Gasteiger partial charge in [-0.1, -0.05) is 53.7 Å². The van der Waals surface area contributed by atoms with E-state index in [4.69, 9.17) is 8.94 Å². The van der Waals surface area contributed by atoms with E-state index in [1.54, 1.807) is 6.07 Å². The Hall–Kier alpha value is -3.38. The van der Waals surface area contributed by atoms with Gasteiger partial charge in [-0.2, -0.15) is 0 Å². The van der Waals surface area contributed by atoms with Crippen molar-refractivity contribution in [3.8, 4) is 11.3 Å². The molecule has 1 amide bonds. The van der Waals surface area contributed by atoms with E-state index in [1.807, 2.05) is 36.4 Å². The van der Waals surface area contributed by atoms with Crippen LogP contribution in [-0.4, -0.2) is 35.6 Å². The third-order valence-corrected chi connectivity index (χ3v) is 6.38. The number of piperidine rings is 1. The summed E-state index contributed by atoms with van der Waals surface area (Å²) < 4.78 is 11.3. The molecular weight excluding hydrogens is 414 g/mol. The number of allylic oxidation sites excluding steroid dienone is 4. The van der Waals surface area contributed by atoms with Crippen molar-refractivity contribution in [3.05, 3.63) is 84.0 Å². The molecule has 0 atom stereocenters. The molecular formula is C27H29N3O3. The van der Waals surface area contributed by atoms with Crippen LogP contribution in [0.25, 0.3) is 16.9 Å². The Bertz CT molecular complexity index is 1130. The Kier molecular flexibility index (Phi) is 6.53. The van der Waals surface area contributed by atoms with Crippen LogP contribution in [0.4, 0.5) is 0 Å². The summed E-state index contributed by atoms with van der Waals surface area (Å²) in [6.45, 7) is 3.41. The first-order valence-electron chi connectivity index (χ1n) is 11.7. The normalized spacial score (nSPS) is 17.2. The fourth-order valence-electron chi connectivity index (χ4n) is 4.44. The second-order valence-electron chi connectivity index (χ2n) is 8.78. The topological polar surface area (TPSA) is 71.5 Å². The number of amides is 1. The van der Waals surface area contributed by atoms with Gasteiger partial charge in [-0.25, -0.2) is 0 Å². The average molecular weight is 444 g/mol. The quantitative estimate of drug-likeness (QED) is 0.536. The number of furan rings is 1. The van der Waals surface area contributed by atoms with Gasteiger partial charge in [0.15, 0.2) is 11.5 Å². The molecule has 2 aromatic heterocycles. The van der Waals surface area contributed by atoms with E-state index < -0.39 is 0 Å². The molecule has 33 heavy (non-hydrogen) atoms. The lowest BCUT2D eigenvalue weighted by Gasteiger charge is -2.31. The summed E-state index contributed by atoms with van der Waals surface area (Å²) in [5.41, 5.74) is 3.04. The largest absolute Gasteiger partial charge is 0.451 e. The molecule has 6 nitrogen and oxygen atoms in total. The van der Waals surface area contributed by atoms with Crippen molar-refractivity contribution in [1.29, 1.82) is 0 Å². The maximum atomic E-state index is 12.5. The first-order chi connectivity index (χ1) is 16.2. The van der Waals surface area contributed by atoms with E-state index in [0.29, 0.717) is 24.0 Å². The van der Waals surface area contributed by atoms with Crippen molar-refractivity contribution in [2.24, 2.45) is 5.92 Å². The molecule has 5 rings (SSSR count). The number of nitrogens with one attached hydrogen (secondary N) is 1. The zero-order valence-electron chi connectivity index (χ0n) is 18.7. The molecule has 1 aliphatic heterocycles. The molecule has 1 saturated heterocycles. The summed E-state index contributed by atoms with van der Waals surface area (Å²) in [5, 5.41) is 7.29. The second kappa shape index (κ2) is 10.0. The van der Waals surface area contributed by atoms with Gasteiger partial charge >= 0.3 is 0 Å². The van der Waals surface area contributed by atoms with Crippen molar-refractivity contribution in [2.75, 3.05) is 19.6 Å². The Morgan fingerprint density at radius 3 is 2.73 bits per heavy atom. The summed E-state index contributed by atoms with van der Waals surface area (Å²) in [6.07, 6.45) is 10.8. The number of rotatable bonds is 7. The number of nitrogens with zero attached hydrogens (tertiary/aromatic N) is 2. The maximum Gasteiger partial charge on any atom is 0.287 e. The third kappa shape index (κ3) is 5.34. The number of aromatic nitrogens is 1. The Balaban J connectivity index is 1.07. The van der Waals surface area contributed by atoms with Crippen LogP contribution in [-0.2, 0) is 6.54 Å². The highest BCUT2D eigenvalue weighted by molar-refractivity contribution is 5.92. The highest BCUT2D eigenvalue weighted by atomic mass is 16.5. The third-order valence-electron chi connectivity index (χ3n) is 6.38. The summed E-state index contributed by atoms with van der Waals surface area (Å²) in [6, 6.07) is 15.5. The zero-order chi connectivity index (χ0) is 22.5. The number of hydrogen-bond donors (Lipinski definition) is 1. The monoisotopic (exact) mass is 443 g/mol. The molecule has 3 heterocycles. The van der Waals surface area contributed by atoms with E-state index >= 15 is 0 Å². The lowest BCUT2D eigenvalue weighted by atomic mass is 9.96. The van der Waals surface area contributed by atoms with Gasteiger partial charge in [0.1, 0.15) is 11.5 Å².